The molecule has 0 radical (unpaired) electrons. The molecule has 0 unspecified atom stereocenters. The molecule has 3 aromatic rings. The van der Waals surface area contributed by atoms with Crippen molar-refractivity contribution in [3.05, 3.63) is 87.7 Å². The van der Waals surface area contributed by atoms with E-state index in [1.54, 1.807) is 35.1 Å². The van der Waals surface area contributed by atoms with Crippen molar-refractivity contribution in [3.8, 4) is 0 Å². The highest BCUT2D eigenvalue weighted by Crippen LogP contribution is 2.16. The minimum Gasteiger partial charge on any atom is -0.465 e. The maximum Gasteiger partial charge on any atom is 0.338 e. The second-order valence-corrected chi connectivity index (χ2v) is 5.84. The number of carbonyl (C=O) groups is 2. The molecule has 142 valence electrons. The minimum absolute atomic E-state index is 0.164. The molecule has 1 heterocycles. The third-order valence-electron chi connectivity index (χ3n) is 3.97. The van der Waals surface area contributed by atoms with E-state index in [4.69, 9.17) is 4.74 Å². The quantitative estimate of drug-likeness (QED) is 0.399. The Hall–Kier alpha value is -4.01. The number of carbonyl (C=O) groups excluding carboxylic acids is 2. The normalized spacial score (nSPS) is 10.3. The van der Waals surface area contributed by atoms with Gasteiger partial charge in [-0.25, -0.2) is 4.79 Å². The molecule has 1 N–H and O–H groups in total. The number of hydrogen-bond acceptors (Lipinski definition) is 6. The van der Waals surface area contributed by atoms with Crippen LogP contribution in [0.3, 0.4) is 0 Å². The Morgan fingerprint density at radius 3 is 2.75 bits per heavy atom. The van der Waals surface area contributed by atoms with Crippen molar-refractivity contribution < 1.29 is 19.2 Å². The molecule has 3 rings (SSSR count). The van der Waals surface area contributed by atoms with E-state index >= 15 is 0 Å². The molecule has 9 nitrogen and oxygen atoms in total. The first-order valence-corrected chi connectivity index (χ1v) is 8.22. The second-order valence-electron chi connectivity index (χ2n) is 5.84. The molecule has 0 aliphatic carbocycles. The lowest BCUT2D eigenvalue weighted by molar-refractivity contribution is -0.384. The number of nitrogens with zero attached hydrogens (tertiary/aromatic N) is 3. The fourth-order valence-corrected chi connectivity index (χ4v) is 2.62. The van der Waals surface area contributed by atoms with Crippen LogP contribution in [-0.4, -0.2) is 33.7 Å². The molecule has 9 heteroatoms. The zero-order chi connectivity index (χ0) is 20.1. The summed E-state index contributed by atoms with van der Waals surface area (Å²) in [6, 6.07) is 12.4. The summed E-state index contributed by atoms with van der Waals surface area (Å²) in [6.07, 6.45) is 3.05. The first kappa shape index (κ1) is 18.8. The summed E-state index contributed by atoms with van der Waals surface area (Å²) in [6.45, 7) is 0.304. The summed E-state index contributed by atoms with van der Waals surface area (Å²) in [7, 11) is 1.31. The van der Waals surface area contributed by atoms with Gasteiger partial charge in [0.25, 0.3) is 11.6 Å². The lowest BCUT2D eigenvalue weighted by Gasteiger charge is -2.07. The van der Waals surface area contributed by atoms with Gasteiger partial charge in [-0.3, -0.25) is 19.6 Å². The van der Waals surface area contributed by atoms with Crippen molar-refractivity contribution in [2.45, 2.75) is 6.54 Å². The number of aromatic nitrogens is 2. The number of esters is 1. The third kappa shape index (κ3) is 4.21. The maximum absolute atomic E-state index is 12.3. The highest BCUT2D eigenvalue weighted by atomic mass is 16.6. The predicted molar refractivity (Wildman–Crippen MR) is 100 cm³/mol. The van der Waals surface area contributed by atoms with Crippen molar-refractivity contribution in [1.82, 2.24) is 9.78 Å². The van der Waals surface area contributed by atoms with Crippen molar-refractivity contribution in [2.75, 3.05) is 12.4 Å². The number of hydrogen-bond donors (Lipinski definition) is 1. The summed E-state index contributed by atoms with van der Waals surface area (Å²) in [5.74, 6) is -0.930. The number of nitro benzene ring substituents is 1. The van der Waals surface area contributed by atoms with Crippen LogP contribution in [0.25, 0.3) is 0 Å². The van der Waals surface area contributed by atoms with Gasteiger partial charge in [0.05, 0.1) is 36.0 Å². The Balaban J connectivity index is 1.73. The molecular formula is C19H16N4O5. The van der Waals surface area contributed by atoms with Crippen LogP contribution < -0.4 is 5.32 Å². The Labute approximate surface area is 159 Å². The van der Waals surface area contributed by atoms with Crippen LogP contribution in [0.4, 0.5) is 11.4 Å². The average molecular weight is 380 g/mol. The van der Waals surface area contributed by atoms with Gasteiger partial charge < -0.3 is 10.1 Å². The summed E-state index contributed by atoms with van der Waals surface area (Å²) < 4.78 is 6.33. The van der Waals surface area contributed by atoms with Crippen molar-refractivity contribution in [1.29, 1.82) is 0 Å². The van der Waals surface area contributed by atoms with Gasteiger partial charge >= 0.3 is 5.97 Å². The standard InChI is InChI=1S/C19H16N4O5/c1-28-19(25)17-8-3-2-5-14(17)11-22-12-15(10-20-22)21-18(24)13-6-4-7-16(9-13)23(26)27/h2-10,12H,11H2,1H3,(H,21,24). The molecule has 2 aromatic carbocycles. The minimum atomic E-state index is -0.562. The molecule has 0 aliphatic heterocycles. The Bertz CT molecular complexity index is 1040. The summed E-state index contributed by atoms with van der Waals surface area (Å²) in [5, 5.41) is 17.7. The molecule has 0 spiro atoms. The molecule has 0 bridgehead atoms. The number of rotatable bonds is 6. The Morgan fingerprint density at radius 1 is 1.21 bits per heavy atom. The number of ether oxygens (including phenoxy) is 1. The van der Waals surface area contributed by atoms with Crippen LogP contribution in [0.1, 0.15) is 26.3 Å². The molecule has 0 atom stereocenters. The van der Waals surface area contributed by atoms with Crippen molar-refractivity contribution in [3.63, 3.8) is 0 Å². The molecule has 0 saturated heterocycles. The first-order valence-electron chi connectivity index (χ1n) is 8.22. The van der Waals surface area contributed by atoms with Crippen LogP contribution in [0.2, 0.25) is 0 Å². The van der Waals surface area contributed by atoms with Crippen LogP contribution in [0.5, 0.6) is 0 Å². The zero-order valence-electron chi connectivity index (χ0n) is 14.9. The third-order valence-corrected chi connectivity index (χ3v) is 3.97. The van der Waals surface area contributed by atoms with Gasteiger partial charge in [-0.1, -0.05) is 24.3 Å². The van der Waals surface area contributed by atoms with Crippen molar-refractivity contribution in [2.24, 2.45) is 0 Å². The van der Waals surface area contributed by atoms with Crippen LogP contribution in [0.15, 0.2) is 60.9 Å². The first-order chi connectivity index (χ1) is 13.5. The van der Waals surface area contributed by atoms with E-state index in [1.807, 2.05) is 0 Å². The number of anilines is 1. The SMILES string of the molecule is COC(=O)c1ccccc1Cn1cc(NC(=O)c2cccc([N+](=O)[O-])c2)cn1. The molecule has 28 heavy (non-hydrogen) atoms. The highest BCUT2D eigenvalue weighted by molar-refractivity contribution is 6.04. The highest BCUT2D eigenvalue weighted by Gasteiger charge is 2.14. The van der Waals surface area contributed by atoms with E-state index in [1.165, 1.54) is 37.6 Å². The molecule has 0 saturated carbocycles. The summed E-state index contributed by atoms with van der Waals surface area (Å²) in [5.41, 5.74) is 1.57. The molecule has 1 aromatic heterocycles. The predicted octanol–water partition coefficient (Wildman–Crippen LogP) is 2.88. The zero-order valence-corrected chi connectivity index (χ0v) is 14.9. The number of nitro groups is 1. The van der Waals surface area contributed by atoms with Gasteiger partial charge in [-0.2, -0.15) is 5.10 Å². The molecule has 0 fully saturated rings. The fraction of sp³-hybridized carbons (Fsp3) is 0.105. The van der Waals surface area contributed by atoms with E-state index in [-0.39, 0.29) is 11.3 Å². The number of non-ortho nitro benzene ring substituents is 1. The molecular weight excluding hydrogens is 364 g/mol. The van der Waals surface area contributed by atoms with Gasteiger partial charge in [0.1, 0.15) is 0 Å². The van der Waals surface area contributed by atoms with E-state index < -0.39 is 16.8 Å². The maximum atomic E-state index is 12.3. The van der Waals surface area contributed by atoms with Gasteiger partial charge in [-0.15, -0.1) is 0 Å². The number of benzene rings is 2. The number of methoxy groups -OCH3 is 1. The van der Waals surface area contributed by atoms with Gasteiger partial charge in [0.2, 0.25) is 0 Å². The Morgan fingerprint density at radius 2 is 2.00 bits per heavy atom. The van der Waals surface area contributed by atoms with Gasteiger partial charge in [0, 0.05) is 23.9 Å². The van der Waals surface area contributed by atoms with Gasteiger partial charge in [0.15, 0.2) is 0 Å². The smallest absolute Gasteiger partial charge is 0.338 e. The van der Waals surface area contributed by atoms with Crippen LogP contribution in [-0.2, 0) is 11.3 Å². The number of amides is 1. The molecule has 1 amide bonds. The monoisotopic (exact) mass is 380 g/mol. The van der Waals surface area contributed by atoms with Gasteiger partial charge in [-0.05, 0) is 17.7 Å². The fourth-order valence-electron chi connectivity index (χ4n) is 2.62. The van der Waals surface area contributed by atoms with E-state index in [2.05, 4.69) is 10.4 Å². The van der Waals surface area contributed by atoms with E-state index in [0.29, 0.717) is 23.4 Å². The summed E-state index contributed by atoms with van der Waals surface area (Å²) in [4.78, 5) is 34.4. The average Bonchev–Trinajstić information content (AvgIpc) is 3.14. The van der Waals surface area contributed by atoms with Crippen LogP contribution >= 0.6 is 0 Å². The largest absolute Gasteiger partial charge is 0.465 e. The Kier molecular flexibility index (Phi) is 5.45. The van der Waals surface area contributed by atoms with E-state index in [0.717, 1.165) is 0 Å². The van der Waals surface area contributed by atoms with E-state index in [9.17, 15) is 19.7 Å². The lowest BCUT2D eigenvalue weighted by Crippen LogP contribution is -2.12. The molecule has 0 aliphatic rings. The lowest BCUT2D eigenvalue weighted by atomic mass is 10.1. The van der Waals surface area contributed by atoms with Crippen molar-refractivity contribution >= 4 is 23.3 Å². The topological polar surface area (TPSA) is 116 Å². The summed E-state index contributed by atoms with van der Waals surface area (Å²) >= 11 is 0. The van der Waals surface area contributed by atoms with Crippen LogP contribution in [0, 0.1) is 10.1 Å². The second kappa shape index (κ2) is 8.12. The number of nitrogens with one attached hydrogen (secondary N) is 1.